The third kappa shape index (κ3) is 2.57. The van der Waals surface area contributed by atoms with Gasteiger partial charge in [0.05, 0.1) is 11.4 Å². The second-order valence-corrected chi connectivity index (χ2v) is 6.33. The van der Waals surface area contributed by atoms with E-state index in [9.17, 15) is 0 Å². The molecule has 24 heavy (non-hydrogen) atoms. The molecule has 0 unspecified atom stereocenters. The quantitative estimate of drug-likeness (QED) is 0.494. The van der Waals surface area contributed by atoms with Crippen molar-refractivity contribution in [3.63, 3.8) is 0 Å². The molecule has 118 valence electrons. The summed E-state index contributed by atoms with van der Waals surface area (Å²) >= 11 is 6.01. The predicted octanol–water partition coefficient (Wildman–Crippen LogP) is 5.36. The Morgan fingerprint density at radius 3 is 2.38 bits per heavy atom. The number of hydrogen-bond acceptors (Lipinski definition) is 2. The minimum absolute atomic E-state index is 0.721. The minimum Gasteiger partial charge on any atom is -0.228 e. The van der Waals surface area contributed by atoms with Gasteiger partial charge in [-0.15, -0.1) is 0 Å². The van der Waals surface area contributed by atoms with Gasteiger partial charge < -0.3 is 0 Å². The van der Waals surface area contributed by atoms with E-state index in [0.29, 0.717) is 0 Å². The van der Waals surface area contributed by atoms with Gasteiger partial charge in [-0.3, -0.25) is 0 Å². The van der Waals surface area contributed by atoms with Crippen LogP contribution in [-0.2, 0) is 0 Å². The summed E-state index contributed by atoms with van der Waals surface area (Å²) in [6, 6.07) is 20.2. The molecule has 4 aromatic rings. The molecule has 2 heterocycles. The molecule has 0 aliphatic carbocycles. The molecule has 2 aromatic heterocycles. The zero-order valence-corrected chi connectivity index (χ0v) is 14.2. The molecule has 2 aromatic carbocycles. The molecule has 0 saturated heterocycles. The Hall–Kier alpha value is -2.65. The Balaban J connectivity index is 2.01. The molecular formula is C20H16ClN3. The van der Waals surface area contributed by atoms with Crippen LogP contribution in [0.25, 0.3) is 27.8 Å². The van der Waals surface area contributed by atoms with Gasteiger partial charge in [0.15, 0.2) is 5.82 Å². The van der Waals surface area contributed by atoms with Crippen LogP contribution in [0.1, 0.15) is 11.4 Å². The van der Waals surface area contributed by atoms with Gasteiger partial charge in [-0.25, -0.2) is 9.67 Å². The maximum atomic E-state index is 6.01. The van der Waals surface area contributed by atoms with E-state index in [1.54, 1.807) is 0 Å². The van der Waals surface area contributed by atoms with E-state index in [0.717, 1.165) is 44.3 Å². The summed E-state index contributed by atoms with van der Waals surface area (Å²) in [6.07, 6.45) is 0. The Kier molecular flexibility index (Phi) is 3.58. The molecule has 0 radical (unpaired) electrons. The molecule has 0 amide bonds. The summed E-state index contributed by atoms with van der Waals surface area (Å²) in [5.41, 5.74) is 3.99. The molecule has 0 aliphatic heterocycles. The molecule has 4 heteroatoms. The van der Waals surface area contributed by atoms with E-state index >= 15 is 0 Å². The number of hydrogen-bond donors (Lipinski definition) is 0. The van der Waals surface area contributed by atoms with Crippen molar-refractivity contribution in [2.45, 2.75) is 13.8 Å². The molecular weight excluding hydrogens is 318 g/mol. The van der Waals surface area contributed by atoms with E-state index in [2.05, 4.69) is 29.4 Å². The van der Waals surface area contributed by atoms with Gasteiger partial charge in [0.1, 0.15) is 0 Å². The van der Waals surface area contributed by atoms with Crippen molar-refractivity contribution in [1.29, 1.82) is 0 Å². The summed E-state index contributed by atoms with van der Waals surface area (Å²) in [4.78, 5) is 4.90. The van der Waals surface area contributed by atoms with Gasteiger partial charge in [-0.1, -0.05) is 48.0 Å². The molecule has 0 spiro atoms. The highest BCUT2D eigenvalue weighted by molar-refractivity contribution is 6.30. The van der Waals surface area contributed by atoms with Gasteiger partial charge in [0, 0.05) is 21.7 Å². The average molecular weight is 334 g/mol. The first-order valence-corrected chi connectivity index (χ1v) is 8.19. The van der Waals surface area contributed by atoms with Crippen molar-refractivity contribution in [2.24, 2.45) is 0 Å². The standard InChI is InChI=1S/C20H16ClN3/c1-13-11-14(2)24(23-13)20-18-6-4-3-5-16(18)12-19(22-20)15-7-9-17(21)10-8-15/h3-12H,1-2H3. The van der Waals surface area contributed by atoms with E-state index in [4.69, 9.17) is 16.6 Å². The lowest BCUT2D eigenvalue weighted by atomic mass is 10.1. The zero-order valence-electron chi connectivity index (χ0n) is 13.5. The van der Waals surface area contributed by atoms with Crippen LogP contribution in [0.5, 0.6) is 0 Å². The van der Waals surface area contributed by atoms with Crippen LogP contribution in [0.3, 0.4) is 0 Å². The normalized spacial score (nSPS) is 11.1. The lowest BCUT2D eigenvalue weighted by molar-refractivity contribution is 0.815. The van der Waals surface area contributed by atoms with Crippen LogP contribution in [0.15, 0.2) is 60.7 Å². The summed E-state index contributed by atoms with van der Waals surface area (Å²) in [6.45, 7) is 4.04. The molecule has 0 fully saturated rings. The Morgan fingerprint density at radius 1 is 0.917 bits per heavy atom. The largest absolute Gasteiger partial charge is 0.228 e. The monoisotopic (exact) mass is 333 g/mol. The summed E-state index contributed by atoms with van der Waals surface area (Å²) in [5.74, 6) is 0.851. The number of nitrogens with zero attached hydrogens (tertiary/aromatic N) is 3. The Morgan fingerprint density at radius 2 is 1.67 bits per heavy atom. The fraction of sp³-hybridized carbons (Fsp3) is 0.100. The lowest BCUT2D eigenvalue weighted by Gasteiger charge is -2.11. The van der Waals surface area contributed by atoms with Crippen LogP contribution in [0.4, 0.5) is 0 Å². The number of rotatable bonds is 2. The first kappa shape index (κ1) is 14.9. The van der Waals surface area contributed by atoms with Crippen molar-refractivity contribution in [2.75, 3.05) is 0 Å². The molecule has 0 bridgehead atoms. The van der Waals surface area contributed by atoms with Crippen molar-refractivity contribution >= 4 is 22.4 Å². The predicted molar refractivity (Wildman–Crippen MR) is 98.8 cm³/mol. The summed E-state index contributed by atoms with van der Waals surface area (Å²) < 4.78 is 1.91. The highest BCUT2D eigenvalue weighted by Crippen LogP contribution is 2.28. The summed E-state index contributed by atoms with van der Waals surface area (Å²) in [7, 11) is 0. The lowest BCUT2D eigenvalue weighted by Crippen LogP contribution is -2.04. The highest BCUT2D eigenvalue weighted by Gasteiger charge is 2.12. The third-order valence-corrected chi connectivity index (χ3v) is 4.32. The smallest absolute Gasteiger partial charge is 0.162 e. The van der Waals surface area contributed by atoms with E-state index < -0.39 is 0 Å². The fourth-order valence-electron chi connectivity index (χ4n) is 2.95. The Bertz CT molecular complexity index is 1030. The van der Waals surface area contributed by atoms with Gasteiger partial charge in [-0.05, 0) is 43.5 Å². The van der Waals surface area contributed by atoms with Gasteiger partial charge >= 0.3 is 0 Å². The van der Waals surface area contributed by atoms with E-state index in [-0.39, 0.29) is 0 Å². The first-order chi connectivity index (χ1) is 11.6. The van der Waals surface area contributed by atoms with Crippen LogP contribution in [0, 0.1) is 13.8 Å². The molecule has 4 rings (SSSR count). The Labute approximate surface area is 145 Å². The molecule has 0 saturated carbocycles. The molecule has 0 atom stereocenters. The SMILES string of the molecule is Cc1cc(C)n(-c2nc(-c3ccc(Cl)cc3)cc3ccccc23)n1. The molecule has 3 nitrogen and oxygen atoms in total. The number of pyridine rings is 1. The summed E-state index contributed by atoms with van der Waals surface area (Å²) in [5, 5.41) is 7.56. The van der Waals surface area contributed by atoms with Gasteiger partial charge in [-0.2, -0.15) is 5.10 Å². The number of aryl methyl sites for hydroxylation is 2. The second kappa shape index (κ2) is 5.77. The number of aromatic nitrogens is 3. The van der Waals surface area contributed by atoms with Gasteiger partial charge in [0.2, 0.25) is 0 Å². The van der Waals surface area contributed by atoms with Crippen molar-refractivity contribution in [3.05, 3.63) is 77.1 Å². The van der Waals surface area contributed by atoms with E-state index in [1.807, 2.05) is 54.9 Å². The second-order valence-electron chi connectivity index (χ2n) is 5.90. The van der Waals surface area contributed by atoms with Crippen LogP contribution in [0.2, 0.25) is 5.02 Å². The zero-order chi connectivity index (χ0) is 16.7. The van der Waals surface area contributed by atoms with Crippen LogP contribution >= 0.6 is 11.6 Å². The van der Waals surface area contributed by atoms with Crippen LogP contribution < -0.4 is 0 Å². The maximum absolute atomic E-state index is 6.01. The fourth-order valence-corrected chi connectivity index (χ4v) is 3.08. The maximum Gasteiger partial charge on any atom is 0.162 e. The van der Waals surface area contributed by atoms with Crippen molar-refractivity contribution in [1.82, 2.24) is 14.8 Å². The topological polar surface area (TPSA) is 30.7 Å². The highest BCUT2D eigenvalue weighted by atomic mass is 35.5. The van der Waals surface area contributed by atoms with Crippen molar-refractivity contribution in [3.8, 4) is 17.1 Å². The van der Waals surface area contributed by atoms with Crippen molar-refractivity contribution < 1.29 is 0 Å². The van der Waals surface area contributed by atoms with Gasteiger partial charge in [0.25, 0.3) is 0 Å². The molecule has 0 aliphatic rings. The average Bonchev–Trinajstić information content (AvgIpc) is 2.93. The van der Waals surface area contributed by atoms with Crippen LogP contribution in [-0.4, -0.2) is 14.8 Å². The number of fused-ring (bicyclic) bond motifs is 1. The molecule has 0 N–H and O–H groups in total. The third-order valence-electron chi connectivity index (χ3n) is 4.07. The van der Waals surface area contributed by atoms with E-state index in [1.165, 1.54) is 0 Å². The minimum atomic E-state index is 0.721. The number of benzene rings is 2. The number of halogens is 1. The first-order valence-electron chi connectivity index (χ1n) is 7.81.